The summed E-state index contributed by atoms with van der Waals surface area (Å²) in [7, 11) is -4.12. The van der Waals surface area contributed by atoms with E-state index >= 15 is 0 Å². The monoisotopic (exact) mass is 797 g/mol. The van der Waals surface area contributed by atoms with Gasteiger partial charge in [-0.05, 0) is 57.6 Å². The first-order valence-electron chi connectivity index (χ1n) is 17.1. The number of rotatable bonds is 12. The fourth-order valence-electron chi connectivity index (χ4n) is 5.94. The highest BCUT2D eigenvalue weighted by molar-refractivity contribution is 8.00. The van der Waals surface area contributed by atoms with Gasteiger partial charge in [-0.1, -0.05) is 65.8 Å². The minimum atomic E-state index is -4.12. The first-order valence-corrected chi connectivity index (χ1v) is 20.8. The predicted octanol–water partition coefficient (Wildman–Crippen LogP) is 5.07. The Kier molecular flexibility index (Phi) is 11.6. The van der Waals surface area contributed by atoms with E-state index in [-0.39, 0.29) is 39.9 Å². The van der Waals surface area contributed by atoms with Gasteiger partial charge in [-0.2, -0.15) is 8.42 Å². The Balaban J connectivity index is 1.24. The van der Waals surface area contributed by atoms with Crippen LogP contribution in [0.3, 0.4) is 0 Å². The van der Waals surface area contributed by atoms with E-state index in [0.717, 1.165) is 59.9 Å². The van der Waals surface area contributed by atoms with Crippen LogP contribution in [-0.2, 0) is 43.0 Å². The summed E-state index contributed by atoms with van der Waals surface area (Å²) in [5.74, 6) is -2.90. The lowest BCUT2D eigenvalue weighted by molar-refractivity contribution is -0.154. The molecular formula is C36H39N5O10S3. The highest BCUT2D eigenvalue weighted by Gasteiger charge is 2.56. The molecule has 3 aliphatic rings. The maximum absolute atomic E-state index is 14.0. The summed E-state index contributed by atoms with van der Waals surface area (Å²) in [6.07, 6.45) is 2.41. The fourth-order valence-corrected chi connectivity index (χ4v) is 8.45. The second-order valence-electron chi connectivity index (χ2n) is 13.6. The van der Waals surface area contributed by atoms with Gasteiger partial charge >= 0.3 is 22.2 Å². The second-order valence-corrected chi connectivity index (χ2v) is 17.2. The number of oxime groups is 1. The molecule has 6 rings (SSSR count). The number of thiazole rings is 1. The predicted molar refractivity (Wildman–Crippen MR) is 201 cm³/mol. The van der Waals surface area contributed by atoms with E-state index in [1.807, 2.05) is 12.1 Å². The van der Waals surface area contributed by atoms with Gasteiger partial charge in [0, 0.05) is 5.38 Å². The number of nitrogens with zero attached hydrogens (tertiary/aromatic N) is 3. The van der Waals surface area contributed by atoms with Crippen LogP contribution in [0.15, 0.2) is 82.7 Å². The standard InChI is InChI=1S/C36H39N5O10S3/c1-36(2,3)49-35(45)39-34-37-24(19-53-34)26(40-50-23-17-11-12-18-23)30(42)38-27-31(43)41-28(25(20-52-32(27)41)51-54(4,46)47)33(44)48-29(21-13-7-5-8-14-21)22-15-9-6-10-16-22/h5-10,13-16,19,23,27,29,32H,11-12,17-18,20H2,1-4H3,(H,38,42)(H,37,39,45)/b40-26+/t27-,32-/m1/s1. The number of hydrogen-bond acceptors (Lipinski definition) is 14. The molecule has 2 N–H and O–H groups in total. The first-order chi connectivity index (χ1) is 25.7. The van der Waals surface area contributed by atoms with Crippen molar-refractivity contribution in [1.82, 2.24) is 15.2 Å². The van der Waals surface area contributed by atoms with Gasteiger partial charge in [0.1, 0.15) is 28.8 Å². The van der Waals surface area contributed by atoms with Crippen LogP contribution in [0.5, 0.6) is 0 Å². The summed E-state index contributed by atoms with van der Waals surface area (Å²) < 4.78 is 41.1. The molecule has 0 radical (unpaired) electrons. The molecule has 3 amide bonds. The molecule has 1 aromatic heterocycles. The smallest absolute Gasteiger partial charge is 0.413 e. The normalized spacial score (nSPS) is 19.2. The average Bonchev–Trinajstić information content (AvgIpc) is 3.81. The number of anilines is 1. The number of carbonyl (C=O) groups is 4. The van der Waals surface area contributed by atoms with E-state index in [2.05, 4.69) is 20.8 Å². The third-order valence-electron chi connectivity index (χ3n) is 8.26. The number of thioether (sulfide) groups is 1. The summed E-state index contributed by atoms with van der Waals surface area (Å²) in [4.78, 5) is 65.3. The van der Waals surface area contributed by atoms with Crippen molar-refractivity contribution in [3.8, 4) is 0 Å². The molecule has 2 aliphatic heterocycles. The van der Waals surface area contributed by atoms with Crippen LogP contribution in [0, 0.1) is 0 Å². The van der Waals surface area contributed by atoms with Gasteiger partial charge in [-0.15, -0.1) is 23.1 Å². The van der Waals surface area contributed by atoms with Crippen molar-refractivity contribution >= 4 is 67.9 Å². The maximum atomic E-state index is 14.0. The lowest BCUT2D eigenvalue weighted by Gasteiger charge is -2.49. The van der Waals surface area contributed by atoms with Crippen LogP contribution < -0.4 is 10.6 Å². The summed E-state index contributed by atoms with van der Waals surface area (Å²) in [5, 5.41) is 10.2. The zero-order valence-corrected chi connectivity index (χ0v) is 32.3. The van der Waals surface area contributed by atoms with Crippen molar-refractivity contribution in [3.05, 3.63) is 94.3 Å². The van der Waals surface area contributed by atoms with Crippen molar-refractivity contribution in [2.75, 3.05) is 17.3 Å². The Morgan fingerprint density at radius 2 is 1.63 bits per heavy atom. The topological polar surface area (TPSA) is 192 Å². The molecular weight excluding hydrogens is 759 g/mol. The number of esters is 1. The van der Waals surface area contributed by atoms with E-state index in [1.165, 1.54) is 5.38 Å². The molecule has 0 spiro atoms. The van der Waals surface area contributed by atoms with Crippen LogP contribution in [0.1, 0.15) is 69.4 Å². The number of hydrogen-bond donors (Lipinski definition) is 2. The second kappa shape index (κ2) is 16.2. The number of benzene rings is 2. The molecule has 1 saturated heterocycles. The Hall–Kier alpha value is -4.94. The number of aromatic nitrogens is 1. The molecule has 3 aromatic rings. The molecule has 54 heavy (non-hydrogen) atoms. The van der Waals surface area contributed by atoms with E-state index in [4.69, 9.17) is 18.5 Å². The third kappa shape index (κ3) is 9.40. The lowest BCUT2D eigenvalue weighted by Crippen LogP contribution is -2.71. The van der Waals surface area contributed by atoms with E-state index in [0.29, 0.717) is 11.1 Å². The van der Waals surface area contributed by atoms with E-state index < -0.39 is 57.1 Å². The van der Waals surface area contributed by atoms with Gasteiger partial charge < -0.3 is 23.8 Å². The van der Waals surface area contributed by atoms with Crippen molar-refractivity contribution in [2.24, 2.45) is 5.16 Å². The van der Waals surface area contributed by atoms with Crippen molar-refractivity contribution < 1.29 is 46.1 Å². The number of fused-ring (bicyclic) bond motifs is 1. The van der Waals surface area contributed by atoms with Crippen LogP contribution in [0.2, 0.25) is 0 Å². The van der Waals surface area contributed by atoms with Gasteiger partial charge in [0.25, 0.3) is 11.8 Å². The van der Waals surface area contributed by atoms with E-state index in [1.54, 1.807) is 69.3 Å². The molecule has 0 unspecified atom stereocenters. The molecule has 3 heterocycles. The average molecular weight is 798 g/mol. The van der Waals surface area contributed by atoms with Gasteiger partial charge in [0.2, 0.25) is 0 Å². The molecule has 2 fully saturated rings. The van der Waals surface area contributed by atoms with Gasteiger partial charge in [-0.3, -0.25) is 19.8 Å². The summed E-state index contributed by atoms with van der Waals surface area (Å²) in [6.45, 7) is 5.16. The van der Waals surface area contributed by atoms with Gasteiger partial charge in [0.15, 0.2) is 28.4 Å². The van der Waals surface area contributed by atoms with Crippen LogP contribution in [0.25, 0.3) is 0 Å². The highest BCUT2D eigenvalue weighted by Crippen LogP contribution is 2.42. The molecule has 1 saturated carbocycles. The summed E-state index contributed by atoms with van der Waals surface area (Å²) >= 11 is 2.13. The number of nitrogens with one attached hydrogen (secondary N) is 2. The molecule has 0 bridgehead atoms. The van der Waals surface area contributed by atoms with E-state index in [9.17, 15) is 27.6 Å². The minimum Gasteiger partial charge on any atom is -0.448 e. The highest BCUT2D eigenvalue weighted by atomic mass is 32.2. The number of β-lactam (4-membered cyclic amide) rings is 1. The van der Waals surface area contributed by atoms with Crippen LogP contribution in [-0.4, -0.2) is 83.0 Å². The molecule has 1 aliphatic carbocycles. The molecule has 2 atom stereocenters. The minimum absolute atomic E-state index is 0.0855. The van der Waals surface area contributed by atoms with Crippen molar-refractivity contribution in [1.29, 1.82) is 0 Å². The van der Waals surface area contributed by atoms with Gasteiger partial charge in [-0.25, -0.2) is 14.6 Å². The largest absolute Gasteiger partial charge is 0.448 e. The summed E-state index contributed by atoms with van der Waals surface area (Å²) in [5.41, 5.74) is 0.00881. The molecule has 286 valence electrons. The quantitative estimate of drug-likeness (QED) is 0.0814. The number of ether oxygens (including phenoxy) is 2. The lowest BCUT2D eigenvalue weighted by atomic mass is 10.0. The SMILES string of the molecule is CC(C)(C)OC(=O)Nc1nc(/C(=N\OC2CCCC2)C(=O)N[C@@H]2C(=O)N3C(C(=O)OC(c4ccccc4)c4ccccc4)=C(OS(C)(=O)=O)CS[C@H]23)cs1. The number of carbonyl (C=O) groups excluding carboxylic acids is 4. The molecule has 15 nitrogen and oxygen atoms in total. The summed E-state index contributed by atoms with van der Waals surface area (Å²) in [6, 6.07) is 16.7. The van der Waals surface area contributed by atoms with Crippen molar-refractivity contribution in [3.63, 3.8) is 0 Å². The zero-order chi connectivity index (χ0) is 38.6. The third-order valence-corrected chi connectivity index (χ3v) is 10.8. The zero-order valence-electron chi connectivity index (χ0n) is 29.8. The first kappa shape index (κ1) is 38.8. The fraction of sp³-hybridized carbons (Fsp3) is 0.389. The van der Waals surface area contributed by atoms with Crippen LogP contribution in [0.4, 0.5) is 9.93 Å². The molecule has 2 aromatic carbocycles. The Morgan fingerprint density at radius 1 is 1.00 bits per heavy atom. The Bertz CT molecular complexity index is 2020. The van der Waals surface area contributed by atoms with Crippen LogP contribution >= 0.6 is 23.1 Å². The molecule has 18 heteroatoms. The number of amides is 3. The van der Waals surface area contributed by atoms with Crippen molar-refractivity contribution in [2.45, 2.75) is 75.7 Å². The maximum Gasteiger partial charge on any atom is 0.413 e. The Labute approximate surface area is 320 Å². The van der Waals surface area contributed by atoms with Gasteiger partial charge in [0.05, 0.1) is 12.0 Å². The Morgan fingerprint density at radius 3 is 2.22 bits per heavy atom.